The minimum atomic E-state index is -0.257. The van der Waals surface area contributed by atoms with Crippen molar-refractivity contribution in [2.24, 2.45) is 0 Å². The fourth-order valence-corrected chi connectivity index (χ4v) is 4.93. The minimum absolute atomic E-state index is 0.0617. The third-order valence-corrected chi connectivity index (χ3v) is 7.34. The smallest absolute Gasteiger partial charge is 0.254 e. The molecule has 0 saturated carbocycles. The largest absolute Gasteiger partial charge is 0.464 e. The first-order valence-electron chi connectivity index (χ1n) is 14.6. The van der Waals surface area contributed by atoms with Gasteiger partial charge in [-0.15, -0.1) is 0 Å². The van der Waals surface area contributed by atoms with Gasteiger partial charge in [0.2, 0.25) is 5.91 Å². The van der Waals surface area contributed by atoms with Gasteiger partial charge in [0, 0.05) is 32.4 Å². The molecule has 2 amide bonds. The Morgan fingerprint density at radius 2 is 1.64 bits per heavy atom. The molecular weight excluding hydrogens is 528 g/mol. The molecule has 1 heterocycles. The maximum Gasteiger partial charge on any atom is 0.254 e. The van der Waals surface area contributed by atoms with E-state index in [1.807, 2.05) is 67.6 Å². The molecule has 1 aromatic heterocycles. The van der Waals surface area contributed by atoms with E-state index in [1.165, 1.54) is 11.8 Å². The second-order valence-corrected chi connectivity index (χ2v) is 10.7. The minimum Gasteiger partial charge on any atom is -0.464 e. The van der Waals surface area contributed by atoms with E-state index < -0.39 is 0 Å². The quantitative estimate of drug-likeness (QED) is 0.171. The Hall–Kier alpha value is -4.23. The molecule has 0 radical (unpaired) electrons. The molecule has 0 spiro atoms. The highest BCUT2D eigenvalue weighted by Gasteiger charge is 2.24. The Labute approximate surface area is 247 Å². The number of amides is 2. The number of ether oxygens (including phenoxy) is 1. The number of aryl methyl sites for hydroxylation is 2. The Balaban J connectivity index is 1.59. The molecule has 0 fully saturated rings. The zero-order valence-electron chi connectivity index (χ0n) is 24.8. The van der Waals surface area contributed by atoms with Gasteiger partial charge in [0.1, 0.15) is 12.1 Å². The summed E-state index contributed by atoms with van der Waals surface area (Å²) in [6.45, 7) is 5.15. The van der Waals surface area contributed by atoms with Crippen LogP contribution in [0.15, 0.2) is 88.3 Å². The SMILES string of the molecule is CCCCc1ccc(C(=O)N(CCCOC)CC(=O)N(Cc2ccccc2)Cc2coc3ccc(C)cc3c2=O)cc1. The van der Waals surface area contributed by atoms with Gasteiger partial charge in [-0.05, 0) is 61.6 Å². The van der Waals surface area contributed by atoms with Crippen molar-refractivity contribution in [3.05, 3.63) is 117 Å². The summed E-state index contributed by atoms with van der Waals surface area (Å²) in [5, 5.41) is 0.485. The fourth-order valence-electron chi connectivity index (χ4n) is 4.93. The lowest BCUT2D eigenvalue weighted by Crippen LogP contribution is -2.43. The molecule has 4 rings (SSSR count). The first kappa shape index (κ1) is 30.7. The van der Waals surface area contributed by atoms with Gasteiger partial charge in [0.25, 0.3) is 5.91 Å². The van der Waals surface area contributed by atoms with Crippen molar-refractivity contribution >= 4 is 22.8 Å². The van der Waals surface area contributed by atoms with Crippen LogP contribution in [-0.2, 0) is 29.0 Å². The van der Waals surface area contributed by atoms with Gasteiger partial charge >= 0.3 is 0 Å². The van der Waals surface area contributed by atoms with Crippen LogP contribution >= 0.6 is 0 Å². The summed E-state index contributed by atoms with van der Waals surface area (Å²) in [6, 6.07) is 22.7. The van der Waals surface area contributed by atoms with Crippen molar-refractivity contribution in [1.29, 1.82) is 0 Å². The number of nitrogens with zero attached hydrogens (tertiary/aromatic N) is 2. The average Bonchev–Trinajstić information content (AvgIpc) is 3.01. The molecule has 0 atom stereocenters. The third kappa shape index (κ3) is 8.17. The summed E-state index contributed by atoms with van der Waals surface area (Å²) in [6.07, 6.45) is 5.20. The lowest BCUT2D eigenvalue weighted by Gasteiger charge is -2.28. The number of unbranched alkanes of at least 4 members (excludes halogenated alkanes) is 1. The van der Waals surface area contributed by atoms with E-state index in [-0.39, 0.29) is 36.9 Å². The van der Waals surface area contributed by atoms with E-state index in [4.69, 9.17) is 9.15 Å². The van der Waals surface area contributed by atoms with E-state index in [2.05, 4.69) is 6.92 Å². The van der Waals surface area contributed by atoms with E-state index in [0.717, 1.165) is 30.4 Å². The van der Waals surface area contributed by atoms with Crippen LogP contribution in [0.5, 0.6) is 0 Å². The number of fused-ring (bicyclic) bond motifs is 1. The van der Waals surface area contributed by atoms with Crippen molar-refractivity contribution in [2.45, 2.75) is 52.6 Å². The van der Waals surface area contributed by atoms with Gasteiger partial charge in [-0.25, -0.2) is 0 Å². The number of hydrogen-bond acceptors (Lipinski definition) is 5. The molecule has 7 nitrogen and oxygen atoms in total. The predicted octanol–water partition coefficient (Wildman–Crippen LogP) is 6.15. The molecule has 0 saturated heterocycles. The lowest BCUT2D eigenvalue weighted by molar-refractivity contribution is -0.133. The van der Waals surface area contributed by atoms with Crippen LogP contribution in [0.1, 0.15) is 58.8 Å². The molecule has 0 N–H and O–H groups in total. The molecule has 220 valence electrons. The first-order valence-corrected chi connectivity index (χ1v) is 14.6. The van der Waals surface area contributed by atoms with Crippen LogP contribution in [0.4, 0.5) is 0 Å². The van der Waals surface area contributed by atoms with Gasteiger partial charge in [0.05, 0.1) is 23.8 Å². The Bertz CT molecular complexity index is 1530. The molecule has 0 aliphatic heterocycles. The lowest BCUT2D eigenvalue weighted by atomic mass is 10.1. The summed E-state index contributed by atoms with van der Waals surface area (Å²) in [5.41, 5.74) is 4.33. The summed E-state index contributed by atoms with van der Waals surface area (Å²) >= 11 is 0. The second kappa shape index (κ2) is 15.1. The van der Waals surface area contributed by atoms with Crippen molar-refractivity contribution in [3.8, 4) is 0 Å². The van der Waals surface area contributed by atoms with Crippen LogP contribution in [0.3, 0.4) is 0 Å². The Morgan fingerprint density at radius 1 is 0.881 bits per heavy atom. The summed E-state index contributed by atoms with van der Waals surface area (Å²) in [5.74, 6) is -0.463. The highest BCUT2D eigenvalue weighted by Crippen LogP contribution is 2.17. The number of methoxy groups -OCH3 is 1. The predicted molar refractivity (Wildman–Crippen MR) is 165 cm³/mol. The third-order valence-electron chi connectivity index (χ3n) is 7.34. The van der Waals surface area contributed by atoms with Gasteiger partial charge in [0.15, 0.2) is 5.43 Å². The number of benzene rings is 3. The van der Waals surface area contributed by atoms with Gasteiger partial charge in [-0.3, -0.25) is 14.4 Å². The average molecular weight is 569 g/mol. The first-order chi connectivity index (χ1) is 20.4. The van der Waals surface area contributed by atoms with E-state index in [0.29, 0.717) is 41.7 Å². The Kier molecular flexibility index (Phi) is 11.1. The van der Waals surface area contributed by atoms with Crippen molar-refractivity contribution in [1.82, 2.24) is 9.80 Å². The van der Waals surface area contributed by atoms with Crippen molar-refractivity contribution in [2.75, 3.05) is 26.8 Å². The fraction of sp³-hybridized carbons (Fsp3) is 0.343. The topological polar surface area (TPSA) is 80.1 Å². The van der Waals surface area contributed by atoms with Gasteiger partial charge in [-0.1, -0.05) is 67.4 Å². The molecule has 42 heavy (non-hydrogen) atoms. The second-order valence-electron chi connectivity index (χ2n) is 10.7. The molecule has 7 heteroatoms. The monoisotopic (exact) mass is 568 g/mol. The van der Waals surface area contributed by atoms with Crippen molar-refractivity contribution < 1.29 is 18.7 Å². The van der Waals surface area contributed by atoms with Crippen LogP contribution in [0.25, 0.3) is 11.0 Å². The number of hydrogen-bond donors (Lipinski definition) is 0. The molecule has 0 unspecified atom stereocenters. The molecule has 0 bridgehead atoms. The number of rotatable bonds is 14. The number of carbonyl (C=O) groups excluding carboxylic acids is 2. The summed E-state index contributed by atoms with van der Waals surface area (Å²) < 4.78 is 11.0. The maximum absolute atomic E-state index is 13.9. The molecule has 3 aromatic carbocycles. The molecular formula is C35H40N2O5. The van der Waals surface area contributed by atoms with Crippen LogP contribution < -0.4 is 5.43 Å². The zero-order chi connectivity index (χ0) is 29.9. The van der Waals surface area contributed by atoms with Gasteiger partial charge in [-0.2, -0.15) is 0 Å². The van der Waals surface area contributed by atoms with Crippen LogP contribution in [0, 0.1) is 6.92 Å². The standard InChI is InChI=1S/C35H40N2O5/c1-4-5-10-27-14-16-29(17-15-27)35(40)36(19-9-20-41-3)24-33(38)37(22-28-11-7-6-8-12-28)23-30-25-42-32-18-13-26(2)21-31(32)34(30)39/h6-8,11-18,21,25H,4-5,9-10,19-20,22-24H2,1-3H3. The van der Waals surface area contributed by atoms with Gasteiger partial charge < -0.3 is 19.0 Å². The number of carbonyl (C=O) groups is 2. The molecule has 0 aliphatic rings. The zero-order valence-corrected chi connectivity index (χ0v) is 24.8. The highest BCUT2D eigenvalue weighted by molar-refractivity contribution is 5.96. The van der Waals surface area contributed by atoms with E-state index in [9.17, 15) is 14.4 Å². The van der Waals surface area contributed by atoms with E-state index >= 15 is 0 Å². The summed E-state index contributed by atoms with van der Waals surface area (Å²) in [4.78, 5) is 44.1. The van der Waals surface area contributed by atoms with Crippen molar-refractivity contribution in [3.63, 3.8) is 0 Å². The van der Waals surface area contributed by atoms with Crippen LogP contribution in [0.2, 0.25) is 0 Å². The normalized spacial score (nSPS) is 11.0. The molecule has 4 aromatic rings. The Morgan fingerprint density at radius 3 is 2.36 bits per heavy atom. The van der Waals surface area contributed by atoms with E-state index in [1.54, 1.807) is 29.0 Å². The van der Waals surface area contributed by atoms with Crippen LogP contribution in [-0.4, -0.2) is 48.4 Å². The highest BCUT2D eigenvalue weighted by atomic mass is 16.5. The summed E-state index contributed by atoms with van der Waals surface area (Å²) in [7, 11) is 1.62. The molecule has 0 aliphatic carbocycles. The maximum atomic E-state index is 13.9.